The molecular weight excluding hydrogens is 347 g/mol. The highest BCUT2D eigenvalue weighted by Crippen LogP contribution is 2.39. The monoisotopic (exact) mass is 354 g/mol. The van der Waals surface area contributed by atoms with Crippen LogP contribution < -0.4 is 4.74 Å². The molecule has 0 aliphatic carbocycles. The summed E-state index contributed by atoms with van der Waals surface area (Å²) in [6.07, 6.45) is -0.616. The zero-order chi connectivity index (χ0) is 14.3. The van der Waals surface area contributed by atoms with Crippen LogP contribution in [0, 0.1) is 5.82 Å². The van der Waals surface area contributed by atoms with E-state index in [1.165, 1.54) is 12.1 Å². The molecule has 20 heavy (non-hydrogen) atoms. The molecule has 2 aromatic rings. The van der Waals surface area contributed by atoms with Gasteiger partial charge in [0.25, 0.3) is 0 Å². The van der Waals surface area contributed by atoms with Gasteiger partial charge in [-0.15, -0.1) is 0 Å². The first-order valence-electron chi connectivity index (χ1n) is 5.99. The van der Waals surface area contributed by atoms with Gasteiger partial charge in [-0.3, -0.25) is 4.79 Å². The maximum absolute atomic E-state index is 13.9. The number of ketones is 1. The third-order valence-corrected chi connectivity index (χ3v) is 4.03. The van der Waals surface area contributed by atoms with E-state index < -0.39 is 11.9 Å². The summed E-state index contributed by atoms with van der Waals surface area (Å²) in [5, 5.41) is 0.267. The van der Waals surface area contributed by atoms with Crippen molar-refractivity contribution in [3.63, 3.8) is 0 Å². The molecule has 0 aromatic heterocycles. The van der Waals surface area contributed by atoms with Gasteiger partial charge >= 0.3 is 0 Å². The van der Waals surface area contributed by atoms with Crippen LogP contribution in [0.3, 0.4) is 0 Å². The fraction of sp³-hybridized carbons (Fsp3) is 0.133. The van der Waals surface area contributed by atoms with Gasteiger partial charge in [0.2, 0.25) is 0 Å². The largest absolute Gasteiger partial charge is 0.484 e. The first-order chi connectivity index (χ1) is 9.56. The van der Waals surface area contributed by atoms with Gasteiger partial charge in [-0.05, 0) is 30.3 Å². The highest BCUT2D eigenvalue weighted by molar-refractivity contribution is 9.10. The number of benzene rings is 2. The Morgan fingerprint density at radius 1 is 1.30 bits per heavy atom. The Bertz CT molecular complexity index is 682. The molecule has 1 heterocycles. The fourth-order valence-corrected chi connectivity index (χ4v) is 2.92. The Morgan fingerprint density at radius 2 is 2.10 bits per heavy atom. The van der Waals surface area contributed by atoms with E-state index in [1.807, 2.05) is 0 Å². The van der Waals surface area contributed by atoms with Crippen LogP contribution in [0.15, 0.2) is 40.9 Å². The molecular formula is C15H9BrClFO2. The number of hydrogen-bond acceptors (Lipinski definition) is 2. The second-order valence-corrected chi connectivity index (χ2v) is 5.83. The predicted molar refractivity (Wildman–Crippen MR) is 77.9 cm³/mol. The topological polar surface area (TPSA) is 26.3 Å². The van der Waals surface area contributed by atoms with Crippen molar-refractivity contribution in [2.24, 2.45) is 0 Å². The molecule has 0 saturated heterocycles. The van der Waals surface area contributed by atoms with E-state index in [0.29, 0.717) is 11.3 Å². The number of fused-ring (bicyclic) bond motifs is 1. The van der Waals surface area contributed by atoms with Gasteiger partial charge in [-0.1, -0.05) is 33.6 Å². The molecule has 0 N–H and O–H groups in total. The average Bonchev–Trinajstić information content (AvgIpc) is 2.39. The van der Waals surface area contributed by atoms with Crippen molar-refractivity contribution < 1.29 is 13.9 Å². The summed E-state index contributed by atoms with van der Waals surface area (Å²) in [5.41, 5.74) is 0.735. The molecule has 3 rings (SSSR count). The van der Waals surface area contributed by atoms with Gasteiger partial charge in [-0.25, -0.2) is 4.39 Å². The maximum atomic E-state index is 13.9. The molecule has 0 fully saturated rings. The minimum atomic E-state index is -0.690. The summed E-state index contributed by atoms with van der Waals surface area (Å²) in [6.45, 7) is 0. The number of halogens is 3. The summed E-state index contributed by atoms with van der Waals surface area (Å²) in [7, 11) is 0. The van der Waals surface area contributed by atoms with Gasteiger partial charge in [0, 0.05) is 10.0 Å². The molecule has 1 aliphatic rings. The highest BCUT2D eigenvalue weighted by atomic mass is 79.9. The number of Topliss-reactive ketones (excluding diaryl/α,β-unsaturated/α-hetero) is 1. The van der Waals surface area contributed by atoms with Crippen LogP contribution in [0.25, 0.3) is 0 Å². The number of hydrogen-bond donors (Lipinski definition) is 0. The molecule has 102 valence electrons. The van der Waals surface area contributed by atoms with Crippen molar-refractivity contribution in [3.8, 4) is 5.75 Å². The van der Waals surface area contributed by atoms with Crippen LogP contribution in [0.5, 0.6) is 5.75 Å². The van der Waals surface area contributed by atoms with E-state index in [2.05, 4.69) is 15.9 Å². The number of rotatable bonds is 1. The zero-order valence-electron chi connectivity index (χ0n) is 10.2. The van der Waals surface area contributed by atoms with Crippen molar-refractivity contribution in [2.45, 2.75) is 12.5 Å². The molecule has 2 aromatic carbocycles. The lowest BCUT2D eigenvalue weighted by atomic mass is 9.96. The van der Waals surface area contributed by atoms with Crippen molar-refractivity contribution in [2.75, 3.05) is 0 Å². The highest BCUT2D eigenvalue weighted by Gasteiger charge is 2.30. The Hall–Kier alpha value is -1.39. The van der Waals surface area contributed by atoms with Crippen LogP contribution in [-0.2, 0) is 0 Å². The van der Waals surface area contributed by atoms with Crippen LogP contribution in [-0.4, -0.2) is 5.78 Å². The minimum absolute atomic E-state index is 0.0735. The van der Waals surface area contributed by atoms with Crippen molar-refractivity contribution in [3.05, 3.63) is 62.8 Å². The summed E-state index contributed by atoms with van der Waals surface area (Å²) in [5.74, 6) is -0.0958. The van der Waals surface area contributed by atoms with Crippen molar-refractivity contribution in [1.29, 1.82) is 0 Å². The van der Waals surface area contributed by atoms with E-state index in [0.717, 1.165) is 4.47 Å². The predicted octanol–water partition coefficient (Wildman–Crippen LogP) is 4.95. The molecule has 0 amide bonds. The quantitative estimate of drug-likeness (QED) is 0.723. The first kappa shape index (κ1) is 13.6. The zero-order valence-corrected chi connectivity index (χ0v) is 12.5. The summed E-state index contributed by atoms with van der Waals surface area (Å²) < 4.78 is 20.5. The fourth-order valence-electron chi connectivity index (χ4n) is 2.28. The van der Waals surface area contributed by atoms with Gasteiger partial charge in [0.1, 0.15) is 17.7 Å². The molecule has 0 saturated carbocycles. The lowest BCUT2D eigenvalue weighted by molar-refractivity contribution is 0.0846. The first-order valence-corrected chi connectivity index (χ1v) is 7.16. The normalized spacial score (nSPS) is 17.6. The molecule has 1 aliphatic heterocycles. The Morgan fingerprint density at radius 3 is 2.85 bits per heavy atom. The van der Waals surface area contributed by atoms with Gasteiger partial charge < -0.3 is 4.74 Å². The van der Waals surface area contributed by atoms with E-state index in [4.69, 9.17) is 16.3 Å². The summed E-state index contributed by atoms with van der Waals surface area (Å²) in [4.78, 5) is 12.2. The molecule has 2 nitrogen and oxygen atoms in total. The second-order valence-electron chi connectivity index (χ2n) is 4.51. The third-order valence-electron chi connectivity index (χ3n) is 3.20. The molecule has 1 atom stereocenters. The maximum Gasteiger partial charge on any atom is 0.170 e. The molecule has 0 radical (unpaired) electrons. The van der Waals surface area contributed by atoms with Gasteiger partial charge in [-0.2, -0.15) is 0 Å². The number of carbonyl (C=O) groups is 1. The smallest absolute Gasteiger partial charge is 0.170 e. The second kappa shape index (κ2) is 5.19. The number of ether oxygens (including phenoxy) is 1. The van der Waals surface area contributed by atoms with E-state index in [1.54, 1.807) is 24.3 Å². The lowest BCUT2D eigenvalue weighted by Crippen LogP contribution is -2.21. The summed E-state index contributed by atoms with van der Waals surface area (Å²) >= 11 is 9.34. The SMILES string of the molecule is O=C1CC(c2c(F)cccc2Cl)Oc2ccc(Br)cc21. The van der Waals surface area contributed by atoms with E-state index in [-0.39, 0.29) is 22.8 Å². The van der Waals surface area contributed by atoms with E-state index in [9.17, 15) is 9.18 Å². The van der Waals surface area contributed by atoms with Crippen LogP contribution in [0.1, 0.15) is 28.4 Å². The summed E-state index contributed by atoms with van der Waals surface area (Å²) in [6, 6.07) is 9.60. The number of carbonyl (C=O) groups excluding carboxylic acids is 1. The Balaban J connectivity index is 2.04. The van der Waals surface area contributed by atoms with Crippen molar-refractivity contribution >= 4 is 33.3 Å². The minimum Gasteiger partial charge on any atom is -0.484 e. The molecule has 0 spiro atoms. The standard InChI is InChI=1S/C15H9BrClFO2/c16-8-4-5-13-9(6-8)12(19)7-14(20-13)15-10(17)2-1-3-11(15)18/h1-6,14H,7H2. The molecule has 5 heteroatoms. The lowest BCUT2D eigenvalue weighted by Gasteiger charge is -2.26. The average molecular weight is 356 g/mol. The van der Waals surface area contributed by atoms with Crippen LogP contribution in [0.4, 0.5) is 4.39 Å². The van der Waals surface area contributed by atoms with Crippen LogP contribution in [0.2, 0.25) is 5.02 Å². The van der Waals surface area contributed by atoms with Crippen molar-refractivity contribution in [1.82, 2.24) is 0 Å². The Labute approximate surface area is 128 Å². The van der Waals surface area contributed by atoms with Crippen LogP contribution >= 0.6 is 27.5 Å². The molecule has 1 unspecified atom stereocenters. The van der Waals surface area contributed by atoms with Gasteiger partial charge in [0.05, 0.1) is 17.0 Å². The van der Waals surface area contributed by atoms with E-state index >= 15 is 0 Å². The van der Waals surface area contributed by atoms with Gasteiger partial charge in [0.15, 0.2) is 5.78 Å². The Kier molecular flexibility index (Phi) is 3.52. The third kappa shape index (κ3) is 2.34. The molecule has 0 bridgehead atoms.